The van der Waals surface area contributed by atoms with Crippen molar-refractivity contribution in [1.29, 1.82) is 0 Å². The topological polar surface area (TPSA) is 129 Å². The Bertz CT molecular complexity index is 4190. The van der Waals surface area contributed by atoms with Crippen molar-refractivity contribution in [2.24, 2.45) is 28.2 Å². The molecular formula is C61H52I4N12O. The minimum absolute atomic E-state index is 0. The van der Waals surface area contributed by atoms with Crippen LogP contribution in [0.4, 0.5) is 0 Å². The van der Waals surface area contributed by atoms with Gasteiger partial charge in [0, 0.05) is 103 Å². The van der Waals surface area contributed by atoms with Crippen molar-refractivity contribution in [3.05, 3.63) is 199 Å². The number of H-pyrrole nitrogens is 3. The van der Waals surface area contributed by atoms with Gasteiger partial charge < -0.3 is 116 Å². The zero-order valence-electron chi connectivity index (χ0n) is 43.0. The van der Waals surface area contributed by atoms with Crippen LogP contribution >= 0.6 is 0 Å². The van der Waals surface area contributed by atoms with Crippen LogP contribution in [-0.4, -0.2) is 39.9 Å². The van der Waals surface area contributed by atoms with Crippen molar-refractivity contribution < 1.29 is 119 Å². The lowest BCUT2D eigenvalue weighted by molar-refractivity contribution is -0.677. The normalized spacial score (nSPS) is 11.5. The summed E-state index contributed by atoms with van der Waals surface area (Å²) in [6.07, 6.45) is 25.8. The maximum Gasteiger partial charge on any atom is 0.207 e. The van der Waals surface area contributed by atoms with Gasteiger partial charge in [0.15, 0.2) is 43.4 Å². The molecule has 2 aliphatic rings. The average molecular weight is 1480 g/mol. The van der Waals surface area contributed by atoms with E-state index < -0.39 is 0 Å². The third-order valence-corrected chi connectivity index (χ3v) is 14.2. The smallest absolute Gasteiger partial charge is 0.207 e. The van der Waals surface area contributed by atoms with Gasteiger partial charge in [0.1, 0.15) is 51.8 Å². The van der Waals surface area contributed by atoms with Gasteiger partial charge in [-0.3, -0.25) is 4.68 Å². The van der Waals surface area contributed by atoms with E-state index in [4.69, 9.17) is 14.7 Å². The molecule has 0 saturated heterocycles. The summed E-state index contributed by atoms with van der Waals surface area (Å²) in [5.74, 6) is 0.722. The summed E-state index contributed by atoms with van der Waals surface area (Å²) in [5, 5.41) is 11.4. The number of benzene rings is 2. The number of pyridine rings is 4. The molecular weight excluding hydrogens is 1420 g/mol. The second-order valence-electron chi connectivity index (χ2n) is 19.1. The van der Waals surface area contributed by atoms with E-state index in [1.165, 1.54) is 16.5 Å². The molecule has 390 valence electrons. The number of ether oxygens (including phenoxy) is 1. The fourth-order valence-corrected chi connectivity index (χ4v) is 10.4. The number of aromatic amines is 3. The number of halogens is 4. The summed E-state index contributed by atoms with van der Waals surface area (Å²) in [4.78, 5) is 22.3. The monoisotopic (exact) mass is 1480 g/mol. The summed E-state index contributed by atoms with van der Waals surface area (Å²) in [6.45, 7) is 0.957. The molecule has 3 N–H and O–H groups in total. The number of para-hydroxylation sites is 1. The summed E-state index contributed by atoms with van der Waals surface area (Å²) < 4.78 is 16.6. The highest BCUT2D eigenvalue weighted by molar-refractivity contribution is 6.07. The van der Waals surface area contributed by atoms with Crippen molar-refractivity contribution in [2.75, 3.05) is 0 Å². The predicted octanol–water partition coefficient (Wildman–Crippen LogP) is -2.31. The SMILES string of the molecule is C[n+]1ccc(-c2c3nc(c(-c4cc[n+](C)cc4)c4ccc([nH]4)c(-c4cc[n+](C)cc4)c4nc(c(-c5ccc(OCc6cn(CCc7c8[nH]c9ccccc9c8cc[n+]7C)nn6)cc5)c5ccc2[nH]5)C=C4)C=C3)cc1.[I-].[I-].[I-].[I-]. The van der Waals surface area contributed by atoms with Crippen LogP contribution in [0.1, 0.15) is 34.2 Å². The lowest BCUT2D eigenvalue weighted by Crippen LogP contribution is -3.00. The number of hydrogen-bond acceptors (Lipinski definition) is 5. The number of fused-ring (bicyclic) bond motifs is 11. The first-order valence-corrected chi connectivity index (χ1v) is 24.8. The Morgan fingerprint density at radius 3 is 1.38 bits per heavy atom. The molecule has 0 unspecified atom stereocenters. The Morgan fingerprint density at radius 2 is 0.910 bits per heavy atom. The van der Waals surface area contributed by atoms with Gasteiger partial charge in [-0.15, -0.1) is 5.10 Å². The van der Waals surface area contributed by atoms with Crippen molar-refractivity contribution in [2.45, 2.75) is 19.6 Å². The van der Waals surface area contributed by atoms with Crippen LogP contribution in [0.3, 0.4) is 0 Å². The molecule has 2 aliphatic heterocycles. The van der Waals surface area contributed by atoms with Crippen molar-refractivity contribution in [1.82, 2.24) is 39.9 Å². The van der Waals surface area contributed by atoms with Gasteiger partial charge in [-0.2, -0.15) is 0 Å². The van der Waals surface area contributed by atoms with E-state index in [-0.39, 0.29) is 103 Å². The summed E-state index contributed by atoms with van der Waals surface area (Å²) in [7, 11) is 8.19. The van der Waals surface area contributed by atoms with Crippen molar-refractivity contribution in [3.8, 4) is 50.3 Å². The third-order valence-electron chi connectivity index (χ3n) is 14.2. The standard InChI is InChI=1S/C61H50N12O.4HI/c1-69-29-21-40(22-30-69)58-50-15-13-48(62-50)57(39-9-11-44(12-10-39)74-38-43-37-73(68-67-43)36-28-56-61-46(27-35-72(56)4)45-7-5-6-8-47(45)66-61)49-14-16-51(63-49)59(41-23-31-70(2)32-24-41)53-18-20-55(65-53)60(54-19-17-52(58)64-54)42-25-33-71(3)34-26-42;;;;/h5-27,29-35,37H,28,36,38H2,1-4H3,(H,62,63,64,65);4*1H/q+2;;;;/p-2. The molecule has 13 rings (SSSR count). The van der Waals surface area contributed by atoms with E-state index in [1.54, 1.807) is 0 Å². The molecule has 0 fully saturated rings. The third kappa shape index (κ3) is 10.9. The molecule has 78 heavy (non-hydrogen) atoms. The Balaban J connectivity index is 0.00000185. The number of aryl methyl sites for hydroxylation is 6. The van der Waals surface area contributed by atoms with Crippen LogP contribution in [0.15, 0.2) is 165 Å². The van der Waals surface area contributed by atoms with E-state index in [9.17, 15) is 0 Å². The Labute approximate surface area is 518 Å². The lowest BCUT2D eigenvalue weighted by atomic mass is 10.0. The molecule has 0 spiro atoms. The van der Waals surface area contributed by atoms with Gasteiger partial charge >= 0.3 is 0 Å². The average Bonchev–Trinajstić information content (AvgIpc) is 4.35. The van der Waals surface area contributed by atoms with Crippen LogP contribution in [0, 0.1) is 0 Å². The molecule has 9 aromatic heterocycles. The number of nitrogens with one attached hydrogen (secondary N) is 3. The second kappa shape index (κ2) is 23.7. The maximum atomic E-state index is 6.37. The Kier molecular flexibility index (Phi) is 17.0. The highest BCUT2D eigenvalue weighted by Gasteiger charge is 2.21. The van der Waals surface area contributed by atoms with E-state index in [1.807, 2.05) is 57.9 Å². The molecule has 0 amide bonds. The number of rotatable bonds is 10. The maximum absolute atomic E-state index is 6.37. The van der Waals surface area contributed by atoms with E-state index >= 15 is 0 Å². The van der Waals surface area contributed by atoms with Crippen LogP contribution in [0.2, 0.25) is 0 Å². The molecule has 0 saturated carbocycles. The predicted molar refractivity (Wildman–Crippen MR) is 289 cm³/mol. The molecule has 11 heterocycles. The summed E-state index contributed by atoms with van der Waals surface area (Å²) in [6, 6.07) is 40.3. The number of nitrogens with zero attached hydrogens (tertiary/aromatic N) is 9. The molecule has 13 nitrogen and oxygen atoms in total. The van der Waals surface area contributed by atoms with Gasteiger partial charge in [0.25, 0.3) is 0 Å². The van der Waals surface area contributed by atoms with Crippen LogP contribution in [0.25, 0.3) is 113 Å². The Hall–Kier alpha value is -6.70. The zero-order chi connectivity index (χ0) is 49.9. The molecule has 0 radical (unpaired) electrons. The minimum Gasteiger partial charge on any atom is -1.00 e. The van der Waals surface area contributed by atoms with Gasteiger partial charge in [-0.1, -0.05) is 35.5 Å². The molecule has 0 atom stereocenters. The first kappa shape index (κ1) is 56.0. The van der Waals surface area contributed by atoms with Crippen LogP contribution in [-0.2, 0) is 47.8 Å². The van der Waals surface area contributed by atoms with Gasteiger partial charge in [0.05, 0.1) is 41.9 Å². The Morgan fingerprint density at radius 1 is 0.462 bits per heavy atom. The van der Waals surface area contributed by atoms with Crippen molar-refractivity contribution >= 4 is 68.2 Å². The van der Waals surface area contributed by atoms with Gasteiger partial charge in [-0.05, 0) is 89.0 Å². The number of hydrogen-bond donors (Lipinski definition) is 3. The first-order valence-electron chi connectivity index (χ1n) is 24.8. The highest BCUT2D eigenvalue weighted by atomic mass is 127. The van der Waals surface area contributed by atoms with E-state index in [0.29, 0.717) is 6.54 Å². The van der Waals surface area contributed by atoms with Crippen molar-refractivity contribution in [3.63, 3.8) is 0 Å². The highest BCUT2D eigenvalue weighted by Crippen LogP contribution is 2.38. The zero-order valence-corrected chi connectivity index (χ0v) is 51.6. The fourth-order valence-electron chi connectivity index (χ4n) is 10.4. The van der Waals surface area contributed by atoms with Gasteiger partial charge in [0.2, 0.25) is 5.69 Å². The fraction of sp³-hybridized carbons (Fsp3) is 0.115. The first-order chi connectivity index (χ1) is 36.3. The lowest BCUT2D eigenvalue weighted by Gasteiger charge is -2.08. The van der Waals surface area contributed by atoms with Crippen LogP contribution in [0.5, 0.6) is 5.75 Å². The quantitative estimate of drug-likeness (QED) is 0.105. The summed E-state index contributed by atoms with van der Waals surface area (Å²) in [5.41, 5.74) is 19.5. The van der Waals surface area contributed by atoms with Crippen LogP contribution < -0.4 is 119 Å². The minimum atomic E-state index is 0. The number of aromatic nitrogens is 12. The molecule has 17 heteroatoms. The van der Waals surface area contributed by atoms with Gasteiger partial charge in [-0.25, -0.2) is 28.2 Å². The van der Waals surface area contributed by atoms with E-state index in [0.717, 1.165) is 118 Å². The second-order valence-corrected chi connectivity index (χ2v) is 19.1. The molecule has 11 aromatic rings. The van der Waals surface area contributed by atoms with E-state index in [2.05, 4.69) is 208 Å². The summed E-state index contributed by atoms with van der Waals surface area (Å²) >= 11 is 0. The molecule has 2 aromatic carbocycles. The molecule has 8 bridgehead atoms. The molecule has 0 aliphatic carbocycles. The largest absolute Gasteiger partial charge is 1.00 e.